The molecule has 3 aromatic rings. The number of rotatable bonds is 9. The van der Waals surface area contributed by atoms with E-state index in [0.717, 1.165) is 11.3 Å². The van der Waals surface area contributed by atoms with Crippen molar-refractivity contribution < 1.29 is 14.3 Å². The Morgan fingerprint density at radius 3 is 2.32 bits per heavy atom. The standard InChI is InChI=1S/C23H26N4O4/c1-15(2)14-31-19-8-4-16(5-9-19)22-25-23(29)20(26-27-22)12-13-21(28)24-17-6-10-18(30-3)11-7-17/h4-11,15H,12-14H2,1-3H3,(H,24,28)(H,25,27,29). The number of H-pyrrole nitrogens is 1. The Labute approximate surface area is 180 Å². The van der Waals surface area contributed by atoms with Crippen LogP contribution >= 0.6 is 0 Å². The number of aryl methyl sites for hydroxylation is 1. The zero-order chi connectivity index (χ0) is 22.2. The number of aromatic amines is 1. The predicted molar refractivity (Wildman–Crippen MR) is 118 cm³/mol. The molecule has 0 spiro atoms. The average molecular weight is 422 g/mol. The molecule has 2 aromatic carbocycles. The maximum absolute atomic E-state index is 12.4. The van der Waals surface area contributed by atoms with Crippen LogP contribution in [0.3, 0.4) is 0 Å². The summed E-state index contributed by atoms with van der Waals surface area (Å²) in [6.07, 6.45) is 0.303. The molecule has 0 radical (unpaired) electrons. The Kier molecular flexibility index (Phi) is 7.37. The highest BCUT2D eigenvalue weighted by atomic mass is 16.5. The summed E-state index contributed by atoms with van der Waals surface area (Å²) in [5.41, 5.74) is 1.24. The summed E-state index contributed by atoms with van der Waals surface area (Å²) < 4.78 is 10.7. The van der Waals surface area contributed by atoms with Crippen molar-refractivity contribution in [3.8, 4) is 22.9 Å². The van der Waals surface area contributed by atoms with Crippen LogP contribution in [0.4, 0.5) is 5.69 Å². The van der Waals surface area contributed by atoms with Crippen LogP contribution in [0.25, 0.3) is 11.4 Å². The number of hydrogen-bond donors (Lipinski definition) is 2. The summed E-state index contributed by atoms with van der Waals surface area (Å²) in [5, 5.41) is 10.9. The number of benzene rings is 2. The first kappa shape index (κ1) is 22.0. The molecule has 1 amide bonds. The molecule has 0 aliphatic carbocycles. The van der Waals surface area contributed by atoms with Gasteiger partial charge in [0.2, 0.25) is 5.91 Å². The lowest BCUT2D eigenvalue weighted by Gasteiger charge is -2.09. The van der Waals surface area contributed by atoms with Crippen molar-refractivity contribution in [2.75, 3.05) is 19.0 Å². The molecule has 0 saturated carbocycles. The maximum Gasteiger partial charge on any atom is 0.273 e. The van der Waals surface area contributed by atoms with Crippen molar-refractivity contribution >= 4 is 11.6 Å². The lowest BCUT2D eigenvalue weighted by atomic mass is 10.2. The Hall–Kier alpha value is -3.68. The van der Waals surface area contributed by atoms with Crippen LogP contribution in [0.5, 0.6) is 11.5 Å². The van der Waals surface area contributed by atoms with Gasteiger partial charge in [-0.15, -0.1) is 10.2 Å². The van der Waals surface area contributed by atoms with Crippen molar-refractivity contribution in [2.24, 2.45) is 5.92 Å². The molecule has 0 atom stereocenters. The summed E-state index contributed by atoms with van der Waals surface area (Å²) in [7, 11) is 1.58. The van der Waals surface area contributed by atoms with E-state index in [4.69, 9.17) is 9.47 Å². The van der Waals surface area contributed by atoms with E-state index in [0.29, 0.717) is 29.8 Å². The van der Waals surface area contributed by atoms with E-state index < -0.39 is 0 Å². The maximum atomic E-state index is 12.4. The zero-order valence-corrected chi connectivity index (χ0v) is 17.8. The molecular formula is C23H26N4O4. The number of hydrogen-bond acceptors (Lipinski definition) is 6. The molecule has 2 N–H and O–H groups in total. The highest BCUT2D eigenvalue weighted by Gasteiger charge is 2.10. The average Bonchev–Trinajstić information content (AvgIpc) is 2.77. The Morgan fingerprint density at radius 1 is 1.03 bits per heavy atom. The van der Waals surface area contributed by atoms with Crippen LogP contribution in [-0.2, 0) is 11.2 Å². The lowest BCUT2D eigenvalue weighted by molar-refractivity contribution is -0.116. The van der Waals surface area contributed by atoms with Crippen LogP contribution in [-0.4, -0.2) is 34.8 Å². The van der Waals surface area contributed by atoms with Gasteiger partial charge >= 0.3 is 0 Å². The molecule has 1 heterocycles. The van der Waals surface area contributed by atoms with E-state index in [2.05, 4.69) is 34.3 Å². The second kappa shape index (κ2) is 10.4. The van der Waals surface area contributed by atoms with E-state index >= 15 is 0 Å². The Bertz CT molecular complexity index is 1060. The number of anilines is 1. The molecule has 162 valence electrons. The molecular weight excluding hydrogens is 396 g/mol. The van der Waals surface area contributed by atoms with Crippen LogP contribution in [0, 0.1) is 5.92 Å². The number of nitrogens with zero attached hydrogens (tertiary/aromatic N) is 2. The summed E-state index contributed by atoms with van der Waals surface area (Å²) >= 11 is 0. The van der Waals surface area contributed by atoms with E-state index in [1.165, 1.54) is 0 Å². The van der Waals surface area contributed by atoms with Gasteiger partial charge in [0.1, 0.15) is 17.2 Å². The number of ether oxygens (including phenoxy) is 2. The number of carbonyl (C=O) groups excluding carboxylic acids is 1. The molecule has 0 unspecified atom stereocenters. The van der Waals surface area contributed by atoms with Gasteiger partial charge in [0.25, 0.3) is 5.56 Å². The highest BCUT2D eigenvalue weighted by molar-refractivity contribution is 5.90. The quantitative estimate of drug-likeness (QED) is 0.547. The van der Waals surface area contributed by atoms with E-state index in [9.17, 15) is 9.59 Å². The van der Waals surface area contributed by atoms with Crippen LogP contribution in [0.15, 0.2) is 53.3 Å². The molecule has 0 bridgehead atoms. The van der Waals surface area contributed by atoms with Crippen molar-refractivity contribution in [3.63, 3.8) is 0 Å². The van der Waals surface area contributed by atoms with Crippen molar-refractivity contribution in [2.45, 2.75) is 26.7 Å². The van der Waals surface area contributed by atoms with Crippen LogP contribution in [0.2, 0.25) is 0 Å². The van der Waals surface area contributed by atoms with Gasteiger partial charge in [-0.05, 0) is 54.4 Å². The number of nitrogens with one attached hydrogen (secondary N) is 2. The third kappa shape index (κ3) is 6.40. The molecule has 8 nitrogen and oxygen atoms in total. The summed E-state index contributed by atoms with van der Waals surface area (Å²) in [6.45, 7) is 4.80. The molecule has 1 aromatic heterocycles. The van der Waals surface area contributed by atoms with Crippen LogP contribution < -0.4 is 20.3 Å². The summed E-state index contributed by atoms with van der Waals surface area (Å²) in [6, 6.07) is 14.3. The van der Waals surface area contributed by atoms with Gasteiger partial charge in [0, 0.05) is 24.1 Å². The zero-order valence-electron chi connectivity index (χ0n) is 17.8. The lowest BCUT2D eigenvalue weighted by Crippen LogP contribution is -2.20. The Morgan fingerprint density at radius 2 is 1.71 bits per heavy atom. The monoisotopic (exact) mass is 422 g/mol. The van der Waals surface area contributed by atoms with E-state index in [-0.39, 0.29) is 30.0 Å². The molecule has 3 rings (SSSR count). The van der Waals surface area contributed by atoms with E-state index in [1.54, 1.807) is 31.4 Å². The normalized spacial score (nSPS) is 10.7. The minimum absolute atomic E-state index is 0.116. The summed E-state index contributed by atoms with van der Waals surface area (Å²) in [4.78, 5) is 27.3. The third-order valence-corrected chi connectivity index (χ3v) is 4.44. The first-order valence-electron chi connectivity index (χ1n) is 10.1. The van der Waals surface area contributed by atoms with Gasteiger partial charge in [0.05, 0.1) is 13.7 Å². The number of aromatic nitrogens is 3. The number of amides is 1. The topological polar surface area (TPSA) is 106 Å². The van der Waals surface area contributed by atoms with Gasteiger partial charge < -0.3 is 19.8 Å². The molecule has 31 heavy (non-hydrogen) atoms. The van der Waals surface area contributed by atoms with Gasteiger partial charge in [-0.3, -0.25) is 9.59 Å². The van der Waals surface area contributed by atoms with Gasteiger partial charge in [-0.2, -0.15) is 0 Å². The van der Waals surface area contributed by atoms with Crippen molar-refractivity contribution in [1.82, 2.24) is 15.2 Å². The highest BCUT2D eigenvalue weighted by Crippen LogP contribution is 2.19. The predicted octanol–water partition coefficient (Wildman–Crippen LogP) is 3.45. The molecule has 0 saturated heterocycles. The minimum atomic E-state index is -0.359. The van der Waals surface area contributed by atoms with Gasteiger partial charge in [-0.1, -0.05) is 13.8 Å². The molecule has 0 fully saturated rings. The smallest absolute Gasteiger partial charge is 0.273 e. The fourth-order valence-corrected chi connectivity index (χ4v) is 2.76. The first-order chi connectivity index (χ1) is 14.9. The fourth-order valence-electron chi connectivity index (χ4n) is 2.76. The molecule has 8 heteroatoms. The third-order valence-electron chi connectivity index (χ3n) is 4.44. The van der Waals surface area contributed by atoms with Crippen LogP contribution in [0.1, 0.15) is 26.0 Å². The summed E-state index contributed by atoms with van der Waals surface area (Å²) in [5.74, 6) is 2.05. The second-order valence-corrected chi connectivity index (χ2v) is 7.46. The fraction of sp³-hybridized carbons (Fsp3) is 0.304. The number of methoxy groups -OCH3 is 1. The largest absolute Gasteiger partial charge is 0.497 e. The Balaban J connectivity index is 1.57. The number of carbonyl (C=O) groups is 1. The van der Waals surface area contributed by atoms with Gasteiger partial charge in [-0.25, -0.2) is 0 Å². The minimum Gasteiger partial charge on any atom is -0.497 e. The van der Waals surface area contributed by atoms with Gasteiger partial charge in [0.15, 0.2) is 5.82 Å². The molecule has 0 aliphatic heterocycles. The molecule has 0 aliphatic rings. The van der Waals surface area contributed by atoms with E-state index in [1.807, 2.05) is 24.3 Å². The first-order valence-corrected chi connectivity index (χ1v) is 10.1. The van der Waals surface area contributed by atoms with Crippen molar-refractivity contribution in [3.05, 3.63) is 64.6 Å². The van der Waals surface area contributed by atoms with Crippen molar-refractivity contribution in [1.29, 1.82) is 0 Å². The second-order valence-electron chi connectivity index (χ2n) is 7.46. The SMILES string of the molecule is COc1ccc(NC(=O)CCc2nnc(-c3ccc(OCC(C)C)cc3)[nH]c2=O)cc1.